The van der Waals surface area contributed by atoms with E-state index in [1.807, 2.05) is 81.4 Å². The number of anilines is 3. The number of halogens is 12. The molecule has 9 amide bonds. The van der Waals surface area contributed by atoms with Gasteiger partial charge in [-0.25, -0.2) is 29.4 Å². The topological polar surface area (TPSA) is 339 Å². The first-order valence-electron chi connectivity index (χ1n) is 51.0. The maximum atomic E-state index is 13.2. The van der Waals surface area contributed by atoms with Gasteiger partial charge < -0.3 is 51.4 Å². The SMILES string of the molecule is Br.Br.Br.CCCCCCC(=O)N1C(=O)OC[C@H]1Cc1ccccc1.CCCCC[C@@H](CC)C(=O)N1C(=O)OC[C@H]1Cc1ccccc1.CCCCC[C@@H](CC)C(=O)NC1N=C(c2ccc(C(F)(F)F)cc2)c2ccccc2N(C)C1=O.CCCCC[C@@H](CC)C(=O)O.CCCCC[C@@H](CN)C(=O)NC1N=C(c2ccc(C(F)(F)F)cc2)c2ccccc2N(C)C1=O.CN1C(=O)C(N)N=C(c2ccc(C(F)(F)F)cc2)c2ccccc21. The summed E-state index contributed by atoms with van der Waals surface area (Å²) in [6.45, 7) is 17.2. The van der Waals surface area contributed by atoms with Gasteiger partial charge in [0.05, 0.1) is 74.8 Å². The number of carbonyl (C=O) groups is 10. The van der Waals surface area contributed by atoms with E-state index in [9.17, 15) is 87.5 Å². The van der Waals surface area contributed by atoms with Crippen LogP contribution in [0.25, 0.3) is 0 Å². The van der Waals surface area contributed by atoms with Crippen molar-refractivity contribution >= 4 is 145 Å². The van der Waals surface area contributed by atoms with E-state index in [0.717, 1.165) is 182 Å². The van der Waals surface area contributed by atoms with E-state index in [1.165, 1.54) is 60.9 Å². The summed E-state index contributed by atoms with van der Waals surface area (Å²) >= 11 is 0. The molecule has 5 heterocycles. The number of ether oxygens (including phenoxy) is 2. The molecule has 25 nitrogen and oxygen atoms in total. The Morgan fingerprint density at radius 3 is 1.04 bits per heavy atom. The summed E-state index contributed by atoms with van der Waals surface area (Å²) in [4.78, 5) is 144. The number of carbonyl (C=O) groups excluding carboxylic acids is 9. The molecule has 0 spiro atoms. The first-order valence-corrected chi connectivity index (χ1v) is 51.0. The molecule has 5 aliphatic heterocycles. The highest BCUT2D eigenvalue weighted by molar-refractivity contribution is 8.93. The monoisotopic (exact) mass is 2280 g/mol. The van der Waals surface area contributed by atoms with Crippen LogP contribution in [0.4, 0.5) is 66.2 Å². The van der Waals surface area contributed by atoms with Crippen molar-refractivity contribution in [2.75, 3.05) is 55.6 Å². The molecule has 818 valence electrons. The van der Waals surface area contributed by atoms with Crippen LogP contribution in [0.5, 0.6) is 0 Å². The molecule has 0 radical (unpaired) electrons. The number of rotatable bonds is 38. The molecule has 7 N–H and O–H groups in total. The summed E-state index contributed by atoms with van der Waals surface area (Å²) in [5.74, 6) is -3.54. The number of nitrogens with one attached hydrogen (secondary N) is 2. The van der Waals surface area contributed by atoms with Crippen LogP contribution in [-0.2, 0) is 79.2 Å². The van der Waals surface area contributed by atoms with E-state index < -0.39 is 89.6 Å². The van der Waals surface area contributed by atoms with Crippen molar-refractivity contribution in [3.63, 3.8) is 0 Å². The fourth-order valence-corrected chi connectivity index (χ4v) is 17.5. The number of fused-ring (bicyclic) bond motifs is 3. The number of likely N-dealkylation sites (N-methyl/N-ethyl adjacent to an activating group) is 3. The molecule has 8 aromatic rings. The number of aliphatic carboxylic acids is 1. The molecule has 2 fully saturated rings. The maximum Gasteiger partial charge on any atom is 0.416 e. The van der Waals surface area contributed by atoms with Crippen LogP contribution in [0.1, 0.15) is 271 Å². The first-order chi connectivity index (χ1) is 70.2. The van der Waals surface area contributed by atoms with Crippen LogP contribution in [0.15, 0.2) is 221 Å². The molecule has 0 aromatic heterocycles. The number of nitrogens with zero attached hydrogens (tertiary/aromatic N) is 8. The predicted octanol–water partition coefficient (Wildman–Crippen LogP) is 24.6. The zero-order chi connectivity index (χ0) is 108. The van der Waals surface area contributed by atoms with Gasteiger partial charge in [0.1, 0.15) is 13.2 Å². The predicted molar refractivity (Wildman–Crippen MR) is 585 cm³/mol. The van der Waals surface area contributed by atoms with Crippen LogP contribution in [0.3, 0.4) is 0 Å². The Kier molecular flexibility index (Phi) is 55.0. The van der Waals surface area contributed by atoms with Gasteiger partial charge >= 0.3 is 36.7 Å². The largest absolute Gasteiger partial charge is 0.481 e. The molecule has 13 rings (SSSR count). The molecule has 2 saturated heterocycles. The Balaban J connectivity index is 0.000000323. The average molecular weight is 2290 g/mol. The first kappa shape index (κ1) is 129. The quantitative estimate of drug-likeness (QED) is 0.0177. The summed E-state index contributed by atoms with van der Waals surface area (Å²) in [6, 6.07) is 54.5. The molecule has 3 unspecified atom stereocenters. The molecular weight excluding hydrogens is 2140 g/mol. The van der Waals surface area contributed by atoms with Gasteiger partial charge in [-0.05, 0) is 130 Å². The lowest BCUT2D eigenvalue weighted by Crippen LogP contribution is -2.48. The number of cyclic esters (lactones) is 2. The number of aliphatic imine (C=N–C) groups is 3. The third-order valence-corrected chi connectivity index (χ3v) is 26.2. The van der Waals surface area contributed by atoms with Gasteiger partial charge in [-0.3, -0.25) is 43.3 Å². The number of hydrogen-bond acceptors (Lipinski definition) is 17. The number of alkyl halides is 9. The van der Waals surface area contributed by atoms with Crippen molar-refractivity contribution in [2.24, 2.45) is 50.1 Å². The Bertz CT molecular complexity index is 5550. The van der Waals surface area contributed by atoms with Crippen LogP contribution >= 0.6 is 50.9 Å². The van der Waals surface area contributed by atoms with Crippen LogP contribution in [0, 0.1) is 23.7 Å². The van der Waals surface area contributed by atoms with Crippen molar-refractivity contribution in [3.05, 3.63) is 267 Å². The molecule has 0 aliphatic carbocycles. The summed E-state index contributed by atoms with van der Waals surface area (Å²) < 4.78 is 127. The van der Waals surface area contributed by atoms with Gasteiger partial charge in [0, 0.05) is 79.3 Å². The molecule has 5 aliphatic rings. The summed E-state index contributed by atoms with van der Waals surface area (Å²) in [5.41, 5.74) is 17.5. The van der Waals surface area contributed by atoms with Crippen molar-refractivity contribution in [1.29, 1.82) is 0 Å². The second-order valence-electron chi connectivity index (χ2n) is 36.9. The minimum atomic E-state index is -4.47. The number of hydrogen-bond donors (Lipinski definition) is 5. The summed E-state index contributed by atoms with van der Waals surface area (Å²) in [6.07, 6.45) is 5.74. The Hall–Kier alpha value is -11.8. The van der Waals surface area contributed by atoms with E-state index in [1.54, 1.807) is 93.9 Å². The minimum absolute atomic E-state index is 0. The number of unbranched alkanes of at least 4 members (excludes halogenated alkanes) is 11. The van der Waals surface area contributed by atoms with Crippen LogP contribution in [0.2, 0.25) is 0 Å². The number of carboxylic acid groups (broad SMARTS) is 1. The maximum absolute atomic E-state index is 13.2. The van der Waals surface area contributed by atoms with Gasteiger partial charge in [-0.15, -0.1) is 50.9 Å². The van der Waals surface area contributed by atoms with Gasteiger partial charge in [0.15, 0.2) is 6.17 Å². The number of para-hydroxylation sites is 3. The molecular formula is C113H144Br3F9N12O13. The molecule has 37 heteroatoms. The van der Waals surface area contributed by atoms with Gasteiger partial charge in [0.2, 0.25) is 36.0 Å². The van der Waals surface area contributed by atoms with Crippen molar-refractivity contribution in [2.45, 2.75) is 271 Å². The van der Waals surface area contributed by atoms with E-state index in [4.69, 9.17) is 26.0 Å². The van der Waals surface area contributed by atoms with Gasteiger partial charge in [0.25, 0.3) is 17.7 Å². The van der Waals surface area contributed by atoms with Crippen LogP contribution < -0.4 is 36.8 Å². The summed E-state index contributed by atoms with van der Waals surface area (Å²) in [7, 11) is 4.77. The zero-order valence-corrected chi connectivity index (χ0v) is 92.2. The number of benzene rings is 8. The highest BCUT2D eigenvalue weighted by Crippen LogP contribution is 2.38. The molecule has 9 atom stereocenters. The Morgan fingerprint density at radius 2 is 0.693 bits per heavy atom. The fraction of sp³-hybridized carbons (Fsp3) is 0.460. The molecule has 8 aromatic carbocycles. The number of imide groups is 2. The Labute approximate surface area is 905 Å². The smallest absolute Gasteiger partial charge is 0.416 e. The van der Waals surface area contributed by atoms with Crippen molar-refractivity contribution in [1.82, 2.24) is 20.4 Å². The van der Waals surface area contributed by atoms with E-state index in [0.29, 0.717) is 113 Å². The van der Waals surface area contributed by atoms with E-state index in [-0.39, 0.29) is 117 Å². The average Bonchev–Trinajstić information content (AvgIpc) is 1.62. The van der Waals surface area contributed by atoms with E-state index in [2.05, 4.69) is 60.2 Å². The van der Waals surface area contributed by atoms with Crippen LogP contribution in [-0.4, -0.2) is 163 Å². The number of benzodiazepines with no additional fused rings is 3. The number of amides is 9. The molecule has 0 saturated carbocycles. The zero-order valence-electron chi connectivity index (χ0n) is 87.0. The Morgan fingerprint density at radius 1 is 0.387 bits per heavy atom. The van der Waals surface area contributed by atoms with Gasteiger partial charge in [-0.1, -0.05) is 303 Å². The number of nitrogens with two attached hydrogens (primary N) is 2. The van der Waals surface area contributed by atoms with E-state index >= 15 is 0 Å². The molecule has 150 heavy (non-hydrogen) atoms. The lowest BCUT2D eigenvalue weighted by atomic mass is 9.96. The second-order valence-corrected chi connectivity index (χ2v) is 36.9. The number of carboxylic acids is 1. The third-order valence-electron chi connectivity index (χ3n) is 26.2. The minimum Gasteiger partial charge on any atom is -0.481 e. The second kappa shape index (κ2) is 64.1. The summed E-state index contributed by atoms with van der Waals surface area (Å²) in [5, 5.41) is 14.2. The highest BCUT2D eigenvalue weighted by Gasteiger charge is 2.43. The fourth-order valence-electron chi connectivity index (χ4n) is 17.5. The normalized spacial score (nSPS) is 16.9. The standard InChI is InChI=1S/C26H30F3N3O2.C25H29F3N4O2.C19H27NO3.C17H14F3N3O.C17H23NO3.C9H18O2.3BrH/c1-4-6-7-10-17(5-2)24(33)31-23-25(34)32(3)21-12-9-8-11-20(21)22(30-23)18-13-15-19(16-14-18)26(27,28)29;1-3-4-5-8-17(15-29)23(33)31-22-24(34)32(2)20-10-7-6-9-19(20)21(30-22)16-11-13-18(14-12-16)25(26,27)28;1-3-5-7-12-16(4-2)18(21)20-17(14-23-19(20)22)13-15-10-8-6-9-11-15;1-23-13-5-3-2-4-12(13)14(22-15(21)16(23)24)10-6-8-11(9-7-10)17(18,19)20;1-2-3-4-8-11-16(19)18-15(13-21-17(18)20)12-14-9-6-5-7-10-14;1-3-5-6-7-8(4-2)9(10)11;;;/h8-9,11-17,23H,4-7,10H2,1-3H3,(H,31,33);6-7,9-14,17,22H,3-5,8,15,29H2,1-2H3,(H,31,33);6,8-11,16-17H,3-5,7,12-14H2,1-2H3;2-9,15H,21H2,1H3;5-7,9-10,15H,2-4,8,11-13H2,1H3;8H,3-7H2,1-2H3,(H,10,11);3*1H/t17-,23?;17-,22?;16-,17-;;15-;8-;;;/m101.11.../s1. The third kappa shape index (κ3) is 37.6. The highest BCUT2D eigenvalue weighted by atomic mass is 79.9. The molecule has 0 bridgehead atoms. The van der Waals surface area contributed by atoms with Gasteiger partial charge in [-0.2, -0.15) is 39.5 Å². The van der Waals surface area contributed by atoms with Crippen molar-refractivity contribution < 1.29 is 102 Å². The lowest BCUT2D eigenvalue weighted by molar-refractivity contribution is -0.142. The van der Waals surface area contributed by atoms with Crippen molar-refractivity contribution in [3.8, 4) is 0 Å². The lowest BCUT2D eigenvalue weighted by Gasteiger charge is -2.24.